The number of halogens is 1. The first kappa shape index (κ1) is 15.9. The molecule has 1 aromatic carbocycles. The van der Waals surface area contributed by atoms with Gasteiger partial charge in [-0.2, -0.15) is 0 Å². The Balaban J connectivity index is 2.78. The summed E-state index contributed by atoms with van der Waals surface area (Å²) in [6, 6.07) is 3.63. The molecule has 0 spiro atoms. The van der Waals surface area contributed by atoms with E-state index < -0.39 is 23.4 Å². The number of urea groups is 1. The van der Waals surface area contributed by atoms with Gasteiger partial charge in [0.15, 0.2) is 0 Å². The molecule has 20 heavy (non-hydrogen) atoms. The zero-order chi connectivity index (χ0) is 15.3. The van der Waals surface area contributed by atoms with Gasteiger partial charge in [0.1, 0.15) is 11.4 Å². The molecule has 2 amide bonds. The van der Waals surface area contributed by atoms with Gasteiger partial charge in [0.2, 0.25) is 0 Å². The average molecular weight is 282 g/mol. The van der Waals surface area contributed by atoms with Gasteiger partial charge in [0.25, 0.3) is 0 Å². The lowest BCUT2D eigenvalue weighted by Crippen LogP contribution is -2.53. The van der Waals surface area contributed by atoms with Crippen molar-refractivity contribution in [2.45, 2.75) is 39.2 Å². The summed E-state index contributed by atoms with van der Waals surface area (Å²) in [4.78, 5) is 23.0. The number of carboxylic acids is 1. The molecule has 1 rings (SSSR count). The summed E-state index contributed by atoms with van der Waals surface area (Å²) in [7, 11) is 0. The molecule has 5 nitrogen and oxygen atoms in total. The van der Waals surface area contributed by atoms with Crippen LogP contribution < -0.4 is 10.6 Å². The van der Waals surface area contributed by atoms with Crippen LogP contribution in [0.5, 0.6) is 0 Å². The number of rotatable bonds is 5. The standard InChI is InChI=1S/C14H19FN2O3/c1-4-7-14(3,12(18)19)17-13(20)16-11-6-5-9(2)8-10(11)15/h5-6,8H,4,7H2,1-3H3,(H,18,19)(H2,16,17,20). The molecule has 0 aliphatic carbocycles. The first-order valence-corrected chi connectivity index (χ1v) is 6.37. The number of carbonyl (C=O) groups is 2. The van der Waals surface area contributed by atoms with Crippen molar-refractivity contribution in [2.24, 2.45) is 0 Å². The SMILES string of the molecule is CCCC(C)(NC(=O)Nc1ccc(C)cc1F)C(=O)O. The molecule has 0 bridgehead atoms. The van der Waals surface area contributed by atoms with Crippen LogP contribution in [0.2, 0.25) is 0 Å². The molecule has 0 aliphatic heterocycles. The topological polar surface area (TPSA) is 78.4 Å². The number of amides is 2. The van der Waals surface area contributed by atoms with Crippen LogP contribution in [0.25, 0.3) is 0 Å². The number of anilines is 1. The van der Waals surface area contributed by atoms with Gasteiger partial charge < -0.3 is 15.7 Å². The van der Waals surface area contributed by atoms with Crippen LogP contribution in [0.3, 0.4) is 0 Å². The molecule has 0 radical (unpaired) electrons. The Bertz CT molecular complexity index is 519. The minimum absolute atomic E-state index is 0.0114. The summed E-state index contributed by atoms with van der Waals surface area (Å²) >= 11 is 0. The van der Waals surface area contributed by atoms with E-state index in [1.165, 1.54) is 19.1 Å². The fraction of sp³-hybridized carbons (Fsp3) is 0.429. The van der Waals surface area contributed by atoms with Gasteiger partial charge in [0.05, 0.1) is 5.69 Å². The largest absolute Gasteiger partial charge is 0.480 e. The fourth-order valence-electron chi connectivity index (χ4n) is 1.85. The van der Waals surface area contributed by atoms with Crippen molar-refractivity contribution >= 4 is 17.7 Å². The Labute approximate surface area is 117 Å². The van der Waals surface area contributed by atoms with E-state index in [2.05, 4.69) is 10.6 Å². The highest BCUT2D eigenvalue weighted by atomic mass is 19.1. The molecule has 110 valence electrons. The van der Waals surface area contributed by atoms with Gasteiger partial charge in [0, 0.05) is 0 Å². The Morgan fingerprint density at radius 2 is 2.05 bits per heavy atom. The van der Waals surface area contributed by atoms with Crippen LogP contribution in [-0.4, -0.2) is 22.6 Å². The number of carbonyl (C=O) groups excluding carboxylic acids is 1. The first-order valence-electron chi connectivity index (χ1n) is 6.37. The zero-order valence-electron chi connectivity index (χ0n) is 11.8. The van der Waals surface area contributed by atoms with Crippen LogP contribution in [0.4, 0.5) is 14.9 Å². The number of benzene rings is 1. The third-order valence-electron chi connectivity index (χ3n) is 2.98. The maximum Gasteiger partial charge on any atom is 0.329 e. The van der Waals surface area contributed by atoms with Gasteiger partial charge in [-0.3, -0.25) is 0 Å². The van der Waals surface area contributed by atoms with E-state index in [-0.39, 0.29) is 12.1 Å². The summed E-state index contributed by atoms with van der Waals surface area (Å²) in [5.41, 5.74) is -0.632. The van der Waals surface area contributed by atoms with E-state index in [0.717, 1.165) is 5.56 Å². The molecule has 1 unspecified atom stereocenters. The summed E-state index contributed by atoms with van der Waals surface area (Å²) in [6.45, 7) is 4.97. The molecule has 0 saturated heterocycles. The van der Waals surface area contributed by atoms with E-state index in [0.29, 0.717) is 6.42 Å². The van der Waals surface area contributed by atoms with Gasteiger partial charge >= 0.3 is 12.0 Å². The number of carboxylic acid groups (broad SMARTS) is 1. The van der Waals surface area contributed by atoms with E-state index in [1.54, 1.807) is 13.0 Å². The summed E-state index contributed by atoms with van der Waals surface area (Å²) in [6.07, 6.45) is 0.883. The minimum Gasteiger partial charge on any atom is -0.480 e. The molecular formula is C14H19FN2O3. The Morgan fingerprint density at radius 1 is 1.40 bits per heavy atom. The number of aryl methyl sites for hydroxylation is 1. The minimum atomic E-state index is -1.37. The lowest BCUT2D eigenvalue weighted by molar-refractivity contribution is -0.143. The van der Waals surface area contributed by atoms with Crippen LogP contribution >= 0.6 is 0 Å². The van der Waals surface area contributed by atoms with Crippen LogP contribution in [0, 0.1) is 12.7 Å². The molecule has 1 atom stereocenters. The van der Waals surface area contributed by atoms with E-state index in [4.69, 9.17) is 5.11 Å². The van der Waals surface area contributed by atoms with Crippen molar-refractivity contribution in [1.82, 2.24) is 5.32 Å². The first-order chi connectivity index (χ1) is 9.28. The molecule has 0 heterocycles. The predicted molar refractivity (Wildman–Crippen MR) is 74.2 cm³/mol. The highest BCUT2D eigenvalue weighted by molar-refractivity contribution is 5.93. The highest BCUT2D eigenvalue weighted by Crippen LogP contribution is 2.17. The van der Waals surface area contributed by atoms with Gasteiger partial charge in [-0.1, -0.05) is 19.4 Å². The summed E-state index contributed by atoms with van der Waals surface area (Å²) in [5, 5.41) is 13.8. The molecule has 6 heteroatoms. The van der Waals surface area contributed by atoms with Crippen molar-refractivity contribution in [2.75, 3.05) is 5.32 Å². The number of aliphatic carboxylic acids is 1. The van der Waals surface area contributed by atoms with Crippen LogP contribution in [0.1, 0.15) is 32.3 Å². The van der Waals surface area contributed by atoms with Crippen molar-refractivity contribution in [3.63, 3.8) is 0 Å². The predicted octanol–water partition coefficient (Wildman–Crippen LogP) is 2.90. The maximum atomic E-state index is 13.6. The van der Waals surface area contributed by atoms with Crippen molar-refractivity contribution < 1.29 is 19.1 Å². The molecule has 3 N–H and O–H groups in total. The number of hydrogen-bond donors (Lipinski definition) is 3. The van der Waals surface area contributed by atoms with Crippen molar-refractivity contribution in [3.05, 3.63) is 29.6 Å². The fourth-order valence-corrected chi connectivity index (χ4v) is 1.85. The third kappa shape index (κ3) is 3.94. The Morgan fingerprint density at radius 3 is 2.55 bits per heavy atom. The smallest absolute Gasteiger partial charge is 0.329 e. The van der Waals surface area contributed by atoms with Gasteiger partial charge in [-0.05, 0) is 38.0 Å². The molecule has 0 aliphatic rings. The maximum absolute atomic E-state index is 13.6. The highest BCUT2D eigenvalue weighted by Gasteiger charge is 2.33. The Hall–Kier alpha value is -2.11. The number of nitrogens with one attached hydrogen (secondary N) is 2. The summed E-state index contributed by atoms with van der Waals surface area (Å²) < 4.78 is 13.6. The second kappa shape index (κ2) is 6.36. The van der Waals surface area contributed by atoms with Crippen molar-refractivity contribution in [3.8, 4) is 0 Å². The lowest BCUT2D eigenvalue weighted by Gasteiger charge is -2.25. The second-order valence-electron chi connectivity index (χ2n) is 4.95. The summed E-state index contributed by atoms with van der Waals surface area (Å²) in [5.74, 6) is -1.69. The third-order valence-corrected chi connectivity index (χ3v) is 2.98. The second-order valence-corrected chi connectivity index (χ2v) is 4.95. The van der Waals surface area contributed by atoms with E-state index in [1.807, 2.05) is 6.92 Å². The van der Waals surface area contributed by atoms with Gasteiger partial charge in [-0.15, -0.1) is 0 Å². The molecule has 0 aromatic heterocycles. The van der Waals surface area contributed by atoms with Crippen LogP contribution in [0.15, 0.2) is 18.2 Å². The molecule has 1 aromatic rings. The van der Waals surface area contributed by atoms with Crippen molar-refractivity contribution in [1.29, 1.82) is 0 Å². The molecular weight excluding hydrogens is 263 g/mol. The quantitative estimate of drug-likeness (QED) is 0.777. The van der Waals surface area contributed by atoms with Crippen LogP contribution in [-0.2, 0) is 4.79 Å². The average Bonchev–Trinajstić information content (AvgIpc) is 2.32. The van der Waals surface area contributed by atoms with Gasteiger partial charge in [-0.25, -0.2) is 14.0 Å². The van der Waals surface area contributed by atoms with E-state index in [9.17, 15) is 14.0 Å². The lowest BCUT2D eigenvalue weighted by atomic mass is 9.97. The zero-order valence-corrected chi connectivity index (χ0v) is 11.8. The molecule has 0 saturated carbocycles. The normalized spacial score (nSPS) is 13.4. The Kier molecular flexibility index (Phi) is 5.07. The monoisotopic (exact) mass is 282 g/mol. The van der Waals surface area contributed by atoms with E-state index >= 15 is 0 Å². The number of hydrogen-bond acceptors (Lipinski definition) is 2. The molecule has 0 fully saturated rings.